The summed E-state index contributed by atoms with van der Waals surface area (Å²) in [7, 11) is 1.53. The lowest BCUT2D eigenvalue weighted by Crippen LogP contribution is -2.29. The highest BCUT2D eigenvalue weighted by atomic mass is 35.5. The fraction of sp³-hybridized carbons (Fsp3) is 0.278. The molecule has 6 nitrogen and oxygen atoms in total. The van der Waals surface area contributed by atoms with E-state index in [2.05, 4.69) is 5.32 Å². The Morgan fingerprint density at radius 1 is 1.04 bits per heavy atom. The second kappa shape index (κ2) is 10.8. The Hall–Kier alpha value is -2.15. The van der Waals surface area contributed by atoms with Gasteiger partial charge in [0.05, 0.1) is 18.2 Å². The number of benzene rings is 2. The maximum absolute atomic E-state index is 11.3. The van der Waals surface area contributed by atoms with Crippen molar-refractivity contribution in [2.75, 3.05) is 33.5 Å². The van der Waals surface area contributed by atoms with Gasteiger partial charge in [0.25, 0.3) is 0 Å². The summed E-state index contributed by atoms with van der Waals surface area (Å²) in [4.78, 5) is 11.3. The Bertz CT molecular complexity index is 726. The monoisotopic (exact) mass is 399 g/mol. The van der Waals surface area contributed by atoms with Gasteiger partial charge in [0.1, 0.15) is 30.5 Å². The summed E-state index contributed by atoms with van der Waals surface area (Å²) in [5, 5.41) is 3.54. The normalized spacial score (nSPS) is 10.3. The van der Waals surface area contributed by atoms with Gasteiger partial charge in [0, 0.05) is 18.2 Å². The number of amides is 1. The Balaban J connectivity index is 1.77. The van der Waals surface area contributed by atoms with Crippen LogP contribution in [0, 0.1) is 0 Å². The first-order valence-corrected chi connectivity index (χ1v) is 8.59. The summed E-state index contributed by atoms with van der Waals surface area (Å²) in [5.74, 6) is 1.66. The topological polar surface area (TPSA) is 66.0 Å². The Morgan fingerprint density at radius 3 is 2.58 bits per heavy atom. The molecule has 1 amide bonds. The number of rotatable bonds is 9. The fourth-order valence-corrected chi connectivity index (χ4v) is 2.32. The van der Waals surface area contributed by atoms with Crippen LogP contribution in [-0.4, -0.2) is 39.6 Å². The molecule has 0 bridgehead atoms. The minimum atomic E-state index is -0.526. The van der Waals surface area contributed by atoms with Crippen molar-refractivity contribution in [1.29, 1.82) is 0 Å². The van der Waals surface area contributed by atoms with Crippen LogP contribution >= 0.6 is 23.2 Å². The van der Waals surface area contributed by atoms with E-state index in [-0.39, 0.29) is 19.8 Å². The standard InChI is InChI=1S/C18H19Cl2NO5/c1-23-9-10-25-18(22)21-7-8-24-17-6-5-15(12-16(17)20)26-14-4-2-3-13(19)11-14/h2-6,11-12H,7-10H2,1H3,(H,21,22). The number of ether oxygens (including phenoxy) is 4. The lowest BCUT2D eigenvalue weighted by Gasteiger charge is -2.11. The van der Waals surface area contributed by atoms with Gasteiger partial charge >= 0.3 is 6.09 Å². The molecule has 0 saturated heterocycles. The van der Waals surface area contributed by atoms with Crippen LogP contribution in [0.25, 0.3) is 0 Å². The van der Waals surface area contributed by atoms with Gasteiger partial charge < -0.3 is 24.3 Å². The molecule has 0 radical (unpaired) electrons. The first kappa shape index (κ1) is 20.2. The minimum absolute atomic E-state index is 0.198. The SMILES string of the molecule is COCCOC(=O)NCCOc1ccc(Oc2cccc(Cl)c2)cc1Cl. The quantitative estimate of drug-likeness (QED) is 0.627. The number of hydrogen-bond acceptors (Lipinski definition) is 5. The van der Waals surface area contributed by atoms with E-state index in [1.807, 2.05) is 0 Å². The molecule has 0 aromatic heterocycles. The van der Waals surface area contributed by atoms with Crippen molar-refractivity contribution in [3.8, 4) is 17.2 Å². The number of hydrogen-bond donors (Lipinski definition) is 1. The van der Waals surface area contributed by atoms with Crippen LogP contribution in [0.1, 0.15) is 0 Å². The van der Waals surface area contributed by atoms with Gasteiger partial charge in [0.15, 0.2) is 0 Å². The van der Waals surface area contributed by atoms with Crippen LogP contribution < -0.4 is 14.8 Å². The predicted molar refractivity (Wildman–Crippen MR) is 99.7 cm³/mol. The van der Waals surface area contributed by atoms with Crippen molar-refractivity contribution in [3.05, 3.63) is 52.5 Å². The average Bonchev–Trinajstić information content (AvgIpc) is 2.60. The molecule has 0 unspecified atom stereocenters. The molecule has 0 saturated carbocycles. The zero-order valence-corrected chi connectivity index (χ0v) is 15.7. The van der Waals surface area contributed by atoms with E-state index < -0.39 is 6.09 Å². The molecule has 0 aliphatic heterocycles. The summed E-state index contributed by atoms with van der Waals surface area (Å²) < 4.78 is 20.9. The summed E-state index contributed by atoms with van der Waals surface area (Å²) in [6.07, 6.45) is -0.526. The van der Waals surface area contributed by atoms with E-state index in [1.165, 1.54) is 7.11 Å². The van der Waals surface area contributed by atoms with Crippen molar-refractivity contribution in [3.63, 3.8) is 0 Å². The smallest absolute Gasteiger partial charge is 0.407 e. The zero-order valence-electron chi connectivity index (χ0n) is 14.2. The fourth-order valence-electron chi connectivity index (χ4n) is 1.91. The molecule has 0 fully saturated rings. The highest BCUT2D eigenvalue weighted by Gasteiger charge is 2.06. The highest BCUT2D eigenvalue weighted by Crippen LogP contribution is 2.31. The molecular formula is C18H19Cl2NO5. The van der Waals surface area contributed by atoms with Crippen molar-refractivity contribution in [2.45, 2.75) is 0 Å². The second-order valence-electron chi connectivity index (χ2n) is 5.06. The van der Waals surface area contributed by atoms with Crippen LogP contribution in [0.2, 0.25) is 10.0 Å². The predicted octanol–water partition coefficient (Wildman–Crippen LogP) is 4.54. The van der Waals surface area contributed by atoms with Gasteiger partial charge in [-0.15, -0.1) is 0 Å². The van der Waals surface area contributed by atoms with Crippen LogP contribution in [0.3, 0.4) is 0 Å². The number of carbonyl (C=O) groups is 1. The van der Waals surface area contributed by atoms with Crippen molar-refractivity contribution < 1.29 is 23.7 Å². The molecule has 0 aliphatic rings. The van der Waals surface area contributed by atoms with Crippen LogP contribution in [0.4, 0.5) is 4.79 Å². The van der Waals surface area contributed by atoms with E-state index >= 15 is 0 Å². The van der Waals surface area contributed by atoms with Crippen molar-refractivity contribution in [2.24, 2.45) is 0 Å². The third-order valence-electron chi connectivity index (χ3n) is 3.08. The number of carbonyl (C=O) groups excluding carboxylic acids is 1. The summed E-state index contributed by atoms with van der Waals surface area (Å²) >= 11 is 12.1. The van der Waals surface area contributed by atoms with Crippen LogP contribution in [-0.2, 0) is 9.47 Å². The second-order valence-corrected chi connectivity index (χ2v) is 5.90. The third-order valence-corrected chi connectivity index (χ3v) is 3.62. The van der Waals surface area contributed by atoms with Gasteiger partial charge in [-0.25, -0.2) is 4.79 Å². The molecule has 140 valence electrons. The summed E-state index contributed by atoms with van der Waals surface area (Å²) in [6, 6.07) is 12.1. The van der Waals surface area contributed by atoms with Gasteiger partial charge in [-0.3, -0.25) is 0 Å². The highest BCUT2D eigenvalue weighted by molar-refractivity contribution is 6.32. The van der Waals surface area contributed by atoms with E-state index in [4.69, 9.17) is 42.1 Å². The molecule has 26 heavy (non-hydrogen) atoms. The number of alkyl carbamates (subject to hydrolysis) is 1. The molecule has 0 atom stereocenters. The summed E-state index contributed by atoms with van der Waals surface area (Å²) in [6.45, 7) is 1.07. The molecule has 2 aromatic rings. The van der Waals surface area contributed by atoms with E-state index in [1.54, 1.807) is 42.5 Å². The molecule has 0 aliphatic carbocycles. The van der Waals surface area contributed by atoms with Gasteiger partial charge in [-0.1, -0.05) is 29.3 Å². The van der Waals surface area contributed by atoms with Gasteiger partial charge in [0.2, 0.25) is 0 Å². The van der Waals surface area contributed by atoms with Gasteiger partial charge in [-0.05, 0) is 30.3 Å². The first-order chi connectivity index (χ1) is 12.6. The van der Waals surface area contributed by atoms with Crippen molar-refractivity contribution in [1.82, 2.24) is 5.32 Å². The number of methoxy groups -OCH3 is 1. The molecule has 0 heterocycles. The first-order valence-electron chi connectivity index (χ1n) is 7.84. The Kier molecular flexibility index (Phi) is 8.34. The number of halogens is 2. The van der Waals surface area contributed by atoms with E-state index in [0.717, 1.165) is 0 Å². The van der Waals surface area contributed by atoms with Crippen LogP contribution in [0.15, 0.2) is 42.5 Å². The number of nitrogens with one attached hydrogen (secondary N) is 1. The molecular weight excluding hydrogens is 381 g/mol. The zero-order chi connectivity index (χ0) is 18.8. The molecule has 0 spiro atoms. The van der Waals surface area contributed by atoms with E-state index in [0.29, 0.717) is 33.9 Å². The Morgan fingerprint density at radius 2 is 1.85 bits per heavy atom. The molecule has 8 heteroatoms. The minimum Gasteiger partial charge on any atom is -0.490 e. The lowest BCUT2D eigenvalue weighted by atomic mass is 10.3. The third kappa shape index (κ3) is 7.00. The molecule has 2 rings (SSSR count). The maximum atomic E-state index is 11.3. The Labute approximate surface area is 161 Å². The largest absolute Gasteiger partial charge is 0.490 e. The van der Waals surface area contributed by atoms with Gasteiger partial charge in [-0.2, -0.15) is 0 Å². The summed E-state index contributed by atoms with van der Waals surface area (Å²) in [5.41, 5.74) is 0. The van der Waals surface area contributed by atoms with E-state index in [9.17, 15) is 4.79 Å². The average molecular weight is 400 g/mol. The van der Waals surface area contributed by atoms with Crippen LogP contribution in [0.5, 0.6) is 17.2 Å². The van der Waals surface area contributed by atoms with Crippen molar-refractivity contribution >= 4 is 29.3 Å². The maximum Gasteiger partial charge on any atom is 0.407 e. The molecule has 2 aromatic carbocycles. The molecule has 1 N–H and O–H groups in total. The lowest BCUT2D eigenvalue weighted by molar-refractivity contribution is 0.0978.